The summed E-state index contributed by atoms with van der Waals surface area (Å²) in [6.45, 7) is 0.556. The highest BCUT2D eigenvalue weighted by atomic mass is 16.4. The number of nitrogens with zero attached hydrogens (tertiary/aromatic N) is 1. The van der Waals surface area contributed by atoms with Gasteiger partial charge in [-0.15, -0.1) is 0 Å². The summed E-state index contributed by atoms with van der Waals surface area (Å²) in [6.07, 6.45) is 3.65. The minimum atomic E-state index is -1.11. The number of aliphatic hydroxyl groups is 1. The van der Waals surface area contributed by atoms with Gasteiger partial charge in [0.25, 0.3) is 6.01 Å². The summed E-state index contributed by atoms with van der Waals surface area (Å²) in [4.78, 5) is 14.3. The van der Waals surface area contributed by atoms with Crippen LogP contribution >= 0.6 is 0 Å². The average Bonchev–Trinajstić information content (AvgIpc) is 2.83. The molecule has 6 nitrogen and oxygen atoms in total. The molecule has 0 saturated heterocycles. The summed E-state index contributed by atoms with van der Waals surface area (Å²) in [7, 11) is 0. The lowest BCUT2D eigenvalue weighted by atomic mass is 10.1. The van der Waals surface area contributed by atoms with E-state index in [-0.39, 0.29) is 23.7 Å². The van der Waals surface area contributed by atoms with Crippen molar-refractivity contribution >= 4 is 12.0 Å². The second-order valence-electron chi connectivity index (χ2n) is 3.98. The molecular formula is C10H14N2O4. The van der Waals surface area contributed by atoms with Crippen LogP contribution in [0.15, 0.2) is 10.7 Å². The lowest BCUT2D eigenvalue weighted by molar-refractivity contribution is 0.0690. The Morgan fingerprint density at radius 3 is 3.00 bits per heavy atom. The number of carboxylic acid groups (broad SMARTS) is 1. The van der Waals surface area contributed by atoms with E-state index in [0.29, 0.717) is 6.54 Å². The quantitative estimate of drug-likeness (QED) is 0.707. The molecule has 1 aromatic heterocycles. The smallest absolute Gasteiger partial charge is 0.357 e. The molecule has 0 aliphatic heterocycles. The number of anilines is 1. The molecule has 2 atom stereocenters. The van der Waals surface area contributed by atoms with Gasteiger partial charge in [-0.1, -0.05) is 6.42 Å². The first kappa shape index (κ1) is 10.9. The third-order valence-corrected chi connectivity index (χ3v) is 2.86. The molecule has 3 N–H and O–H groups in total. The van der Waals surface area contributed by atoms with Crippen LogP contribution in [0.25, 0.3) is 0 Å². The standard InChI is InChI=1S/C10H14N2O4/c13-8-3-1-2-6(8)4-11-10-12-7(5-16-10)9(14)15/h5-6,8,13H,1-4H2,(H,11,12)(H,14,15). The second-order valence-corrected chi connectivity index (χ2v) is 3.98. The van der Waals surface area contributed by atoms with Gasteiger partial charge in [0.1, 0.15) is 6.26 Å². The van der Waals surface area contributed by atoms with Crippen molar-refractivity contribution in [3.8, 4) is 0 Å². The van der Waals surface area contributed by atoms with E-state index >= 15 is 0 Å². The molecule has 6 heteroatoms. The van der Waals surface area contributed by atoms with Crippen molar-refractivity contribution in [2.45, 2.75) is 25.4 Å². The van der Waals surface area contributed by atoms with Crippen molar-refractivity contribution in [1.29, 1.82) is 0 Å². The van der Waals surface area contributed by atoms with E-state index in [2.05, 4.69) is 10.3 Å². The third-order valence-electron chi connectivity index (χ3n) is 2.86. The molecule has 1 aliphatic carbocycles. The SMILES string of the molecule is O=C(O)c1coc(NCC2CCCC2O)n1. The number of carboxylic acids is 1. The molecule has 16 heavy (non-hydrogen) atoms. The Balaban J connectivity index is 1.87. The van der Waals surface area contributed by atoms with E-state index in [4.69, 9.17) is 9.52 Å². The zero-order chi connectivity index (χ0) is 11.5. The fraction of sp³-hybridized carbons (Fsp3) is 0.600. The Bertz CT molecular complexity index is 377. The molecule has 1 heterocycles. The number of aliphatic hydroxyl groups excluding tert-OH is 1. The van der Waals surface area contributed by atoms with Crippen LogP contribution < -0.4 is 5.32 Å². The summed E-state index contributed by atoms with van der Waals surface area (Å²) in [6, 6.07) is 0.191. The number of hydrogen-bond acceptors (Lipinski definition) is 5. The largest absolute Gasteiger partial charge is 0.476 e. The highest BCUT2D eigenvalue weighted by molar-refractivity contribution is 5.85. The molecule has 88 valence electrons. The van der Waals surface area contributed by atoms with Crippen LogP contribution in [0, 0.1) is 5.92 Å². The fourth-order valence-corrected chi connectivity index (χ4v) is 1.93. The highest BCUT2D eigenvalue weighted by Crippen LogP contribution is 2.25. The van der Waals surface area contributed by atoms with E-state index < -0.39 is 5.97 Å². The maximum atomic E-state index is 10.5. The van der Waals surface area contributed by atoms with E-state index in [0.717, 1.165) is 25.5 Å². The number of nitrogens with one attached hydrogen (secondary N) is 1. The normalized spacial score (nSPS) is 24.6. The van der Waals surface area contributed by atoms with Crippen LogP contribution in [0.3, 0.4) is 0 Å². The zero-order valence-corrected chi connectivity index (χ0v) is 8.72. The lowest BCUT2D eigenvalue weighted by Gasteiger charge is -2.13. The predicted octanol–water partition coefficient (Wildman–Crippen LogP) is 0.946. The summed E-state index contributed by atoms with van der Waals surface area (Å²) in [5.74, 6) is -0.919. The van der Waals surface area contributed by atoms with Crippen molar-refractivity contribution in [2.24, 2.45) is 5.92 Å². The minimum Gasteiger partial charge on any atom is -0.476 e. The number of hydrogen-bond donors (Lipinski definition) is 3. The zero-order valence-electron chi connectivity index (χ0n) is 8.72. The monoisotopic (exact) mass is 226 g/mol. The summed E-state index contributed by atoms with van der Waals surface area (Å²) in [5.41, 5.74) is -0.116. The van der Waals surface area contributed by atoms with Crippen molar-refractivity contribution in [3.63, 3.8) is 0 Å². The topological polar surface area (TPSA) is 95.6 Å². The Hall–Kier alpha value is -1.56. The average molecular weight is 226 g/mol. The van der Waals surface area contributed by atoms with Crippen molar-refractivity contribution < 1.29 is 19.4 Å². The molecule has 1 fully saturated rings. The first-order valence-corrected chi connectivity index (χ1v) is 5.27. The molecule has 0 amide bonds. The van der Waals surface area contributed by atoms with Crippen LogP contribution in [0.1, 0.15) is 29.8 Å². The van der Waals surface area contributed by atoms with Gasteiger partial charge in [-0.3, -0.25) is 0 Å². The number of aromatic carboxylic acids is 1. The molecule has 0 radical (unpaired) electrons. The van der Waals surface area contributed by atoms with Crippen molar-refractivity contribution in [1.82, 2.24) is 4.98 Å². The Kier molecular flexibility index (Phi) is 3.09. The number of oxazole rings is 1. The van der Waals surface area contributed by atoms with Gasteiger partial charge in [0.15, 0.2) is 5.69 Å². The van der Waals surface area contributed by atoms with Crippen LogP contribution in [0.4, 0.5) is 6.01 Å². The van der Waals surface area contributed by atoms with Gasteiger partial charge in [0, 0.05) is 12.5 Å². The Labute approximate surface area is 92.3 Å². The molecule has 2 unspecified atom stereocenters. The lowest BCUT2D eigenvalue weighted by Crippen LogP contribution is -2.22. The van der Waals surface area contributed by atoms with E-state index in [1.54, 1.807) is 0 Å². The first-order valence-electron chi connectivity index (χ1n) is 5.27. The minimum absolute atomic E-state index is 0.116. The summed E-state index contributed by atoms with van der Waals surface area (Å²) in [5, 5.41) is 21.1. The number of rotatable bonds is 4. The first-order chi connectivity index (χ1) is 7.66. The molecule has 1 aliphatic rings. The Morgan fingerprint density at radius 1 is 1.62 bits per heavy atom. The molecule has 1 aromatic rings. The Morgan fingerprint density at radius 2 is 2.44 bits per heavy atom. The maximum absolute atomic E-state index is 10.5. The van der Waals surface area contributed by atoms with Gasteiger partial charge in [-0.2, -0.15) is 4.98 Å². The van der Waals surface area contributed by atoms with Gasteiger partial charge in [-0.25, -0.2) is 4.79 Å². The van der Waals surface area contributed by atoms with Crippen LogP contribution in [0.2, 0.25) is 0 Å². The van der Waals surface area contributed by atoms with Crippen molar-refractivity contribution in [3.05, 3.63) is 12.0 Å². The van der Waals surface area contributed by atoms with Crippen molar-refractivity contribution in [2.75, 3.05) is 11.9 Å². The predicted molar refractivity (Wildman–Crippen MR) is 55.3 cm³/mol. The second kappa shape index (κ2) is 4.52. The summed E-state index contributed by atoms with van der Waals surface area (Å²) < 4.78 is 4.94. The van der Waals surface area contributed by atoms with Gasteiger partial charge in [-0.05, 0) is 12.8 Å². The van der Waals surface area contributed by atoms with Gasteiger partial charge >= 0.3 is 5.97 Å². The highest BCUT2D eigenvalue weighted by Gasteiger charge is 2.25. The molecule has 0 aromatic carbocycles. The molecular weight excluding hydrogens is 212 g/mol. The fourth-order valence-electron chi connectivity index (χ4n) is 1.93. The maximum Gasteiger partial charge on any atom is 0.357 e. The number of aromatic nitrogens is 1. The molecule has 1 saturated carbocycles. The molecule has 2 rings (SSSR count). The number of carbonyl (C=O) groups is 1. The van der Waals surface area contributed by atoms with Crippen LogP contribution in [-0.4, -0.2) is 33.8 Å². The van der Waals surface area contributed by atoms with E-state index in [9.17, 15) is 9.90 Å². The van der Waals surface area contributed by atoms with E-state index in [1.165, 1.54) is 0 Å². The molecule has 0 bridgehead atoms. The van der Waals surface area contributed by atoms with E-state index in [1.807, 2.05) is 0 Å². The van der Waals surface area contributed by atoms with Crippen LogP contribution in [-0.2, 0) is 0 Å². The van der Waals surface area contributed by atoms with Gasteiger partial charge < -0.3 is 19.9 Å². The molecule has 0 spiro atoms. The third kappa shape index (κ3) is 2.33. The van der Waals surface area contributed by atoms with Gasteiger partial charge in [0.05, 0.1) is 6.10 Å². The summed E-state index contributed by atoms with van der Waals surface area (Å²) >= 11 is 0. The van der Waals surface area contributed by atoms with Gasteiger partial charge in [0.2, 0.25) is 0 Å². The van der Waals surface area contributed by atoms with Crippen LogP contribution in [0.5, 0.6) is 0 Å².